The van der Waals surface area contributed by atoms with Crippen LogP contribution >= 0.6 is 0 Å². The molecular weight excluding hydrogens is 188 g/mol. The molecule has 0 spiro atoms. The predicted molar refractivity (Wildman–Crippen MR) is 64.1 cm³/mol. The predicted octanol–water partition coefficient (Wildman–Crippen LogP) is 1.22. The summed E-state index contributed by atoms with van der Waals surface area (Å²) >= 11 is 0. The van der Waals surface area contributed by atoms with E-state index >= 15 is 0 Å². The van der Waals surface area contributed by atoms with E-state index in [0.29, 0.717) is 0 Å². The maximum Gasteiger partial charge on any atom is 0.0644 e. The Balaban J connectivity index is 1.99. The van der Waals surface area contributed by atoms with Crippen LogP contribution in [-0.4, -0.2) is 48.3 Å². The van der Waals surface area contributed by atoms with Crippen molar-refractivity contribution in [2.75, 3.05) is 32.7 Å². The van der Waals surface area contributed by atoms with Gasteiger partial charge in [0.05, 0.1) is 5.60 Å². The van der Waals surface area contributed by atoms with Gasteiger partial charge in [-0.1, -0.05) is 6.92 Å². The Morgan fingerprint density at radius 2 is 1.93 bits per heavy atom. The number of piperidine rings is 1. The average Bonchev–Trinajstić information content (AvgIpc) is 2.20. The molecule has 1 fully saturated rings. The fourth-order valence-electron chi connectivity index (χ4n) is 1.99. The number of hydrogen-bond acceptors (Lipinski definition) is 3. The highest BCUT2D eigenvalue weighted by Crippen LogP contribution is 2.20. The Kier molecular flexibility index (Phi) is 5.58. The second kappa shape index (κ2) is 6.46. The Labute approximate surface area is 93.9 Å². The molecule has 0 amide bonds. The van der Waals surface area contributed by atoms with Crippen LogP contribution in [0.5, 0.6) is 0 Å². The molecule has 1 aliphatic heterocycles. The zero-order chi connectivity index (χ0) is 11.1. The number of likely N-dealkylation sites (tertiary alicyclic amines) is 1. The number of nitrogens with one attached hydrogen (secondary N) is 1. The van der Waals surface area contributed by atoms with Crippen molar-refractivity contribution < 1.29 is 5.11 Å². The van der Waals surface area contributed by atoms with Gasteiger partial charge in [0.1, 0.15) is 0 Å². The molecule has 0 radical (unpaired) electrons. The van der Waals surface area contributed by atoms with Crippen molar-refractivity contribution in [3.05, 3.63) is 0 Å². The molecule has 90 valence electrons. The first-order valence-corrected chi connectivity index (χ1v) is 6.29. The van der Waals surface area contributed by atoms with E-state index in [9.17, 15) is 5.11 Å². The molecule has 1 saturated heterocycles. The summed E-state index contributed by atoms with van der Waals surface area (Å²) in [6.45, 7) is 9.69. The zero-order valence-corrected chi connectivity index (χ0v) is 10.3. The number of hydrogen-bond donors (Lipinski definition) is 2. The normalized spacial score (nSPS) is 21.8. The van der Waals surface area contributed by atoms with Crippen LogP contribution in [0.15, 0.2) is 0 Å². The molecule has 1 aliphatic rings. The smallest absolute Gasteiger partial charge is 0.0644 e. The highest BCUT2D eigenvalue weighted by Gasteiger charge is 2.26. The molecule has 0 aliphatic carbocycles. The third-order valence-corrected chi connectivity index (χ3v) is 3.19. The van der Waals surface area contributed by atoms with Crippen LogP contribution in [0.25, 0.3) is 0 Å². The van der Waals surface area contributed by atoms with E-state index in [-0.39, 0.29) is 0 Å². The van der Waals surface area contributed by atoms with E-state index in [1.807, 2.05) is 6.92 Å². The molecule has 2 N–H and O–H groups in total. The first-order chi connectivity index (χ1) is 7.14. The molecule has 0 unspecified atom stereocenters. The van der Waals surface area contributed by atoms with Crippen LogP contribution in [0.1, 0.15) is 39.5 Å². The second-order valence-electron chi connectivity index (χ2n) is 4.94. The van der Waals surface area contributed by atoms with Gasteiger partial charge in [0.25, 0.3) is 0 Å². The van der Waals surface area contributed by atoms with Gasteiger partial charge >= 0.3 is 0 Å². The van der Waals surface area contributed by atoms with Crippen LogP contribution in [0.4, 0.5) is 0 Å². The Bertz CT molecular complexity index is 161. The Morgan fingerprint density at radius 3 is 2.53 bits per heavy atom. The molecule has 0 saturated carbocycles. The SMILES string of the molecule is CCCNCCCN1CCC(C)(O)CC1. The van der Waals surface area contributed by atoms with Gasteiger partial charge < -0.3 is 15.3 Å². The van der Waals surface area contributed by atoms with Gasteiger partial charge in [0.15, 0.2) is 0 Å². The van der Waals surface area contributed by atoms with Gasteiger partial charge in [-0.25, -0.2) is 0 Å². The van der Waals surface area contributed by atoms with Gasteiger partial charge in [-0.05, 0) is 52.2 Å². The van der Waals surface area contributed by atoms with Gasteiger partial charge in [0.2, 0.25) is 0 Å². The van der Waals surface area contributed by atoms with E-state index in [4.69, 9.17) is 0 Å². The summed E-state index contributed by atoms with van der Waals surface area (Å²) in [5, 5.41) is 13.2. The van der Waals surface area contributed by atoms with E-state index in [1.54, 1.807) is 0 Å². The summed E-state index contributed by atoms with van der Waals surface area (Å²) in [6.07, 6.45) is 4.29. The van der Waals surface area contributed by atoms with Crippen LogP contribution in [0.3, 0.4) is 0 Å². The molecule has 1 heterocycles. The quantitative estimate of drug-likeness (QED) is 0.653. The van der Waals surface area contributed by atoms with Crippen molar-refractivity contribution in [2.24, 2.45) is 0 Å². The van der Waals surface area contributed by atoms with Crippen LogP contribution < -0.4 is 5.32 Å². The van der Waals surface area contributed by atoms with E-state index in [2.05, 4.69) is 17.1 Å². The summed E-state index contributed by atoms with van der Waals surface area (Å²) in [5.41, 5.74) is -0.406. The van der Waals surface area contributed by atoms with Gasteiger partial charge in [-0.15, -0.1) is 0 Å². The summed E-state index contributed by atoms with van der Waals surface area (Å²) in [4.78, 5) is 2.46. The topological polar surface area (TPSA) is 35.5 Å². The van der Waals surface area contributed by atoms with E-state index in [0.717, 1.165) is 39.0 Å². The third-order valence-electron chi connectivity index (χ3n) is 3.19. The minimum absolute atomic E-state index is 0.406. The summed E-state index contributed by atoms with van der Waals surface area (Å²) in [6, 6.07) is 0. The fraction of sp³-hybridized carbons (Fsp3) is 1.00. The second-order valence-corrected chi connectivity index (χ2v) is 4.94. The first-order valence-electron chi connectivity index (χ1n) is 6.29. The van der Waals surface area contributed by atoms with Gasteiger partial charge in [0, 0.05) is 13.1 Å². The summed E-state index contributed by atoms with van der Waals surface area (Å²) in [5.74, 6) is 0. The molecule has 0 bridgehead atoms. The molecule has 15 heavy (non-hydrogen) atoms. The molecule has 0 atom stereocenters. The number of rotatable bonds is 6. The van der Waals surface area contributed by atoms with Crippen molar-refractivity contribution >= 4 is 0 Å². The zero-order valence-electron chi connectivity index (χ0n) is 10.3. The lowest BCUT2D eigenvalue weighted by Gasteiger charge is -2.35. The largest absolute Gasteiger partial charge is 0.390 e. The lowest BCUT2D eigenvalue weighted by atomic mass is 9.94. The molecular formula is C12H26N2O. The van der Waals surface area contributed by atoms with Gasteiger partial charge in [-0.2, -0.15) is 0 Å². The summed E-state index contributed by atoms with van der Waals surface area (Å²) < 4.78 is 0. The average molecular weight is 214 g/mol. The highest BCUT2D eigenvalue weighted by molar-refractivity contribution is 4.81. The van der Waals surface area contributed by atoms with Crippen molar-refractivity contribution in [1.82, 2.24) is 10.2 Å². The van der Waals surface area contributed by atoms with Crippen LogP contribution in [0, 0.1) is 0 Å². The standard InChI is InChI=1S/C12H26N2O/c1-3-7-13-8-4-9-14-10-5-12(2,15)6-11-14/h13,15H,3-11H2,1-2H3. The van der Waals surface area contributed by atoms with Gasteiger partial charge in [-0.3, -0.25) is 0 Å². The number of aliphatic hydroxyl groups is 1. The monoisotopic (exact) mass is 214 g/mol. The Morgan fingerprint density at radius 1 is 1.27 bits per heavy atom. The lowest BCUT2D eigenvalue weighted by Crippen LogP contribution is -2.43. The molecule has 1 rings (SSSR count). The Hall–Kier alpha value is -0.120. The summed E-state index contributed by atoms with van der Waals surface area (Å²) in [7, 11) is 0. The number of nitrogens with zero attached hydrogens (tertiary/aromatic N) is 1. The maximum atomic E-state index is 9.79. The minimum Gasteiger partial charge on any atom is -0.390 e. The van der Waals surface area contributed by atoms with E-state index < -0.39 is 5.60 Å². The minimum atomic E-state index is -0.406. The van der Waals surface area contributed by atoms with Crippen molar-refractivity contribution in [2.45, 2.75) is 45.1 Å². The van der Waals surface area contributed by atoms with Crippen molar-refractivity contribution in [3.63, 3.8) is 0 Å². The first kappa shape index (κ1) is 12.9. The van der Waals surface area contributed by atoms with E-state index in [1.165, 1.54) is 19.4 Å². The molecule has 0 aromatic rings. The van der Waals surface area contributed by atoms with Crippen molar-refractivity contribution in [3.8, 4) is 0 Å². The maximum absolute atomic E-state index is 9.79. The third kappa shape index (κ3) is 5.50. The highest BCUT2D eigenvalue weighted by atomic mass is 16.3. The van der Waals surface area contributed by atoms with Crippen LogP contribution in [0.2, 0.25) is 0 Å². The molecule has 0 aromatic carbocycles. The molecule has 3 nitrogen and oxygen atoms in total. The fourth-order valence-corrected chi connectivity index (χ4v) is 1.99. The molecule has 3 heteroatoms. The lowest BCUT2D eigenvalue weighted by molar-refractivity contribution is -0.00537. The molecule has 0 aromatic heterocycles. The van der Waals surface area contributed by atoms with Crippen LogP contribution in [-0.2, 0) is 0 Å². The van der Waals surface area contributed by atoms with Crippen molar-refractivity contribution in [1.29, 1.82) is 0 Å².